The minimum atomic E-state index is 0.451. The molecule has 0 radical (unpaired) electrons. The van der Waals surface area contributed by atoms with Crippen LogP contribution in [0.4, 0.5) is 5.82 Å². The summed E-state index contributed by atoms with van der Waals surface area (Å²) in [6.07, 6.45) is 2.78. The highest BCUT2D eigenvalue weighted by Gasteiger charge is 2.15. The van der Waals surface area contributed by atoms with Crippen LogP contribution < -0.4 is 4.90 Å². The summed E-state index contributed by atoms with van der Waals surface area (Å²) >= 11 is 5.15. The van der Waals surface area contributed by atoms with Crippen molar-refractivity contribution >= 4 is 43.3 Å². The van der Waals surface area contributed by atoms with E-state index in [4.69, 9.17) is 0 Å². The van der Waals surface area contributed by atoms with Gasteiger partial charge in [-0.25, -0.2) is 9.97 Å². The summed E-state index contributed by atoms with van der Waals surface area (Å²) in [7, 11) is 0. The fraction of sp³-hybridized carbons (Fsp3) is 0.500. The third kappa shape index (κ3) is 2.77. The molecule has 92 valence electrons. The quantitative estimate of drug-likeness (QED) is 0.788. The van der Waals surface area contributed by atoms with E-state index in [1.165, 1.54) is 5.39 Å². The molecular weight excluding hydrogens is 298 g/mol. The van der Waals surface area contributed by atoms with Gasteiger partial charge in [-0.2, -0.15) is 0 Å². The van der Waals surface area contributed by atoms with Crippen molar-refractivity contribution in [1.82, 2.24) is 9.97 Å². The van der Waals surface area contributed by atoms with Crippen LogP contribution in [0, 0.1) is 0 Å². The van der Waals surface area contributed by atoms with Crippen LogP contribution in [-0.2, 0) is 0 Å². The number of alkyl halides is 1. The number of anilines is 1. The summed E-state index contributed by atoms with van der Waals surface area (Å²) in [5.41, 5.74) is 0. The molecule has 2 aromatic heterocycles. The summed E-state index contributed by atoms with van der Waals surface area (Å²) in [4.78, 5) is 12.2. The predicted molar refractivity (Wildman–Crippen MR) is 78.3 cm³/mol. The van der Waals surface area contributed by atoms with Crippen molar-refractivity contribution in [1.29, 1.82) is 0 Å². The van der Waals surface area contributed by atoms with Gasteiger partial charge in [-0.05, 0) is 31.7 Å². The van der Waals surface area contributed by atoms with E-state index in [9.17, 15) is 0 Å². The SMILES string of the molecule is CC(C)N(CCCBr)c1ncnc2sccc12. The van der Waals surface area contributed by atoms with E-state index >= 15 is 0 Å². The molecule has 3 nitrogen and oxygen atoms in total. The smallest absolute Gasteiger partial charge is 0.140 e. The van der Waals surface area contributed by atoms with Crippen LogP contribution >= 0.6 is 27.3 Å². The molecule has 0 fully saturated rings. The van der Waals surface area contributed by atoms with E-state index in [1.54, 1.807) is 17.7 Å². The highest BCUT2D eigenvalue weighted by Crippen LogP contribution is 2.27. The van der Waals surface area contributed by atoms with Crippen molar-refractivity contribution in [3.05, 3.63) is 17.8 Å². The second-order valence-corrected chi connectivity index (χ2v) is 5.85. The first-order valence-electron chi connectivity index (χ1n) is 5.75. The van der Waals surface area contributed by atoms with Crippen LogP contribution in [-0.4, -0.2) is 27.9 Å². The molecule has 0 saturated heterocycles. The van der Waals surface area contributed by atoms with E-state index in [2.05, 4.69) is 56.1 Å². The van der Waals surface area contributed by atoms with Crippen molar-refractivity contribution in [2.45, 2.75) is 26.3 Å². The lowest BCUT2D eigenvalue weighted by Crippen LogP contribution is -2.32. The third-order valence-electron chi connectivity index (χ3n) is 2.67. The molecule has 5 heteroatoms. The number of hydrogen-bond acceptors (Lipinski definition) is 4. The molecule has 0 saturated carbocycles. The zero-order valence-electron chi connectivity index (χ0n) is 10.1. The summed E-state index contributed by atoms with van der Waals surface area (Å²) < 4.78 is 0. The van der Waals surface area contributed by atoms with Crippen LogP contribution in [0.25, 0.3) is 10.2 Å². The first-order valence-corrected chi connectivity index (χ1v) is 7.75. The van der Waals surface area contributed by atoms with Crippen LogP contribution in [0.3, 0.4) is 0 Å². The largest absolute Gasteiger partial charge is 0.354 e. The van der Waals surface area contributed by atoms with E-state index in [0.29, 0.717) is 6.04 Å². The highest BCUT2D eigenvalue weighted by molar-refractivity contribution is 9.09. The van der Waals surface area contributed by atoms with E-state index in [0.717, 1.165) is 28.9 Å². The zero-order valence-corrected chi connectivity index (χ0v) is 12.5. The summed E-state index contributed by atoms with van der Waals surface area (Å²) in [6, 6.07) is 2.56. The third-order valence-corrected chi connectivity index (χ3v) is 4.05. The van der Waals surface area contributed by atoms with Gasteiger partial charge in [0.15, 0.2) is 0 Å². The van der Waals surface area contributed by atoms with Crippen molar-refractivity contribution in [2.24, 2.45) is 0 Å². The van der Waals surface area contributed by atoms with Crippen molar-refractivity contribution in [3.8, 4) is 0 Å². The summed E-state index contributed by atoms with van der Waals surface area (Å²) in [5.74, 6) is 1.06. The molecule has 0 spiro atoms. The Morgan fingerprint density at radius 3 is 2.94 bits per heavy atom. The lowest BCUT2D eigenvalue weighted by Gasteiger charge is -2.28. The number of fused-ring (bicyclic) bond motifs is 1. The van der Waals surface area contributed by atoms with Gasteiger partial charge in [0, 0.05) is 17.9 Å². The lowest BCUT2D eigenvalue weighted by atomic mass is 10.2. The molecule has 2 aromatic rings. The molecule has 0 aliphatic rings. The summed E-state index contributed by atoms with van der Waals surface area (Å²) in [6.45, 7) is 5.42. The van der Waals surface area contributed by atoms with E-state index in [-0.39, 0.29) is 0 Å². The molecule has 0 aliphatic heterocycles. The molecule has 0 bridgehead atoms. The molecule has 0 unspecified atom stereocenters. The molecule has 0 atom stereocenters. The van der Waals surface area contributed by atoms with Gasteiger partial charge in [0.1, 0.15) is 17.0 Å². The number of hydrogen-bond donors (Lipinski definition) is 0. The predicted octanol–water partition coefficient (Wildman–Crippen LogP) is 3.69. The number of halogens is 1. The maximum atomic E-state index is 4.46. The molecule has 0 amide bonds. The Morgan fingerprint density at radius 1 is 1.41 bits per heavy atom. The Morgan fingerprint density at radius 2 is 2.24 bits per heavy atom. The number of thiophene rings is 1. The number of aromatic nitrogens is 2. The topological polar surface area (TPSA) is 29.0 Å². The molecule has 0 N–H and O–H groups in total. The van der Waals surface area contributed by atoms with Crippen molar-refractivity contribution in [3.63, 3.8) is 0 Å². The van der Waals surface area contributed by atoms with Gasteiger partial charge in [-0.3, -0.25) is 0 Å². The fourth-order valence-corrected chi connectivity index (χ4v) is 2.82. The number of rotatable bonds is 5. The van der Waals surface area contributed by atoms with Crippen LogP contribution in [0.2, 0.25) is 0 Å². The second-order valence-electron chi connectivity index (χ2n) is 4.17. The van der Waals surface area contributed by atoms with Gasteiger partial charge in [-0.15, -0.1) is 11.3 Å². The fourth-order valence-electron chi connectivity index (χ4n) is 1.84. The molecule has 0 aliphatic carbocycles. The van der Waals surface area contributed by atoms with E-state index in [1.807, 2.05) is 0 Å². The Balaban J connectivity index is 2.37. The van der Waals surface area contributed by atoms with Crippen molar-refractivity contribution < 1.29 is 0 Å². The van der Waals surface area contributed by atoms with Crippen molar-refractivity contribution in [2.75, 3.05) is 16.8 Å². The Labute approximate surface area is 114 Å². The minimum Gasteiger partial charge on any atom is -0.354 e. The molecule has 2 heterocycles. The zero-order chi connectivity index (χ0) is 12.3. The standard InChI is InChI=1S/C12H16BrN3S/c1-9(2)16(6-3-5-13)11-10-4-7-17-12(10)15-8-14-11/h4,7-9H,3,5-6H2,1-2H3. The van der Waals surface area contributed by atoms with E-state index < -0.39 is 0 Å². The van der Waals surface area contributed by atoms with Gasteiger partial charge in [0.25, 0.3) is 0 Å². The minimum absolute atomic E-state index is 0.451. The Bertz CT molecular complexity index is 483. The second kappa shape index (κ2) is 5.78. The monoisotopic (exact) mass is 313 g/mol. The first-order chi connectivity index (χ1) is 8.24. The Kier molecular flexibility index (Phi) is 4.34. The average molecular weight is 314 g/mol. The maximum Gasteiger partial charge on any atom is 0.140 e. The van der Waals surface area contributed by atoms with Gasteiger partial charge in [0.05, 0.1) is 5.39 Å². The average Bonchev–Trinajstić information content (AvgIpc) is 2.77. The molecule has 0 aromatic carbocycles. The lowest BCUT2D eigenvalue weighted by molar-refractivity contribution is 0.667. The Hall–Kier alpha value is -0.680. The maximum absolute atomic E-state index is 4.46. The molecule has 17 heavy (non-hydrogen) atoms. The normalized spacial score (nSPS) is 11.3. The van der Waals surface area contributed by atoms with Crippen LogP contribution in [0.15, 0.2) is 17.8 Å². The van der Waals surface area contributed by atoms with Gasteiger partial charge in [-0.1, -0.05) is 15.9 Å². The van der Waals surface area contributed by atoms with Crippen LogP contribution in [0.1, 0.15) is 20.3 Å². The summed E-state index contributed by atoms with van der Waals surface area (Å²) in [5, 5.41) is 4.26. The highest BCUT2D eigenvalue weighted by atomic mass is 79.9. The van der Waals surface area contributed by atoms with Gasteiger partial charge in [0.2, 0.25) is 0 Å². The first kappa shape index (κ1) is 12.8. The molecular formula is C12H16BrN3S. The number of nitrogens with zero attached hydrogens (tertiary/aromatic N) is 3. The van der Waals surface area contributed by atoms with Crippen LogP contribution in [0.5, 0.6) is 0 Å². The molecule has 2 rings (SSSR count). The van der Waals surface area contributed by atoms with Gasteiger partial charge < -0.3 is 4.90 Å². The van der Waals surface area contributed by atoms with Gasteiger partial charge >= 0.3 is 0 Å².